The quantitative estimate of drug-likeness (QED) is 0.00951. The number of nitrogens with two attached hydrogens (primary N) is 2. The molecule has 10 N–H and O–H groups in total. The number of H-pyrrole nitrogens is 1. The van der Waals surface area contributed by atoms with Gasteiger partial charge in [-0.1, -0.05) is 89.3 Å². The van der Waals surface area contributed by atoms with Crippen LogP contribution in [0.4, 0.5) is 28.3 Å². The molecule has 5 aliphatic heterocycles. The lowest BCUT2D eigenvalue weighted by atomic mass is 9.78. The Morgan fingerprint density at radius 1 is 0.699 bits per heavy atom. The molecule has 3 saturated heterocycles. The second-order valence-electron chi connectivity index (χ2n) is 36.7. The van der Waals surface area contributed by atoms with Crippen molar-refractivity contribution >= 4 is 92.7 Å². The number of amides is 4. The Hall–Kier alpha value is -11.5. The number of rotatable bonds is 29. The maximum Gasteiger partial charge on any atom is 0.407 e. The van der Waals surface area contributed by atoms with Gasteiger partial charge in [-0.2, -0.15) is 5.10 Å². The number of ketones is 3. The number of benzene rings is 1. The third kappa shape index (κ3) is 26.7. The van der Waals surface area contributed by atoms with E-state index < -0.39 is 108 Å². The Morgan fingerprint density at radius 3 is 2.12 bits per heavy atom. The number of hydrogen-bond donors (Lipinski definition) is 8. The Kier molecular flexibility index (Phi) is 36.4. The molecule has 15 atom stereocenters. The SMILES string of the molecule is CO[C@H]1C[C@@H]2CC[C@@H](C)[C@@](O)(O2)C(=O)C(=O)N2CCCC[C@H]2C(=O)O[C@H]([C@H](C)C[C@@H]2CC[C@@H](OC(=O)NCCOCCOCCOCCOCCC(=O)NCc3cnc(N4CCN(c5ncc(C(=O)N6CCc7cc(Cn8nc(-c9cnc%10[nH]c(N)cc%10c9)c9c(N)ncnc98)ccc7C6)cn5)CC4)nc3)[C@H](OC)C2)CC(=O)[C@H](C)/C=C(\C)[C@@H](O)[C@@H](O)C(=O)[C@H](C)C[C@H](C)/C=C/C=C/C=C/1C. The minimum absolute atomic E-state index is 0.0234. The third-order valence-electron chi connectivity index (χ3n) is 26.7. The van der Waals surface area contributed by atoms with Crippen LogP contribution in [0.3, 0.4) is 0 Å². The van der Waals surface area contributed by atoms with Gasteiger partial charge in [0.25, 0.3) is 17.6 Å². The normalized spacial score (nSPS) is 26.6. The molecular weight excluding hydrogens is 1750 g/mol. The molecule has 2 bridgehead atoms. The van der Waals surface area contributed by atoms with E-state index in [1.165, 1.54) is 26.4 Å². The lowest BCUT2D eigenvalue weighted by Gasteiger charge is -2.42. The summed E-state index contributed by atoms with van der Waals surface area (Å²) in [6.07, 6.45) is 18.4. The molecule has 734 valence electrons. The van der Waals surface area contributed by atoms with Crippen LogP contribution in [0.2, 0.25) is 0 Å². The fourth-order valence-corrected chi connectivity index (χ4v) is 18.7. The summed E-state index contributed by atoms with van der Waals surface area (Å²) in [5.74, 6) is -7.75. The van der Waals surface area contributed by atoms with E-state index in [4.69, 9.17) is 59.2 Å². The monoisotopic (exact) mass is 1880 g/mol. The number of nitrogens with zero attached hydrogens (tertiary/aromatic N) is 13. The molecule has 0 unspecified atom stereocenters. The number of pyridine rings is 1. The zero-order chi connectivity index (χ0) is 96.7. The van der Waals surface area contributed by atoms with Gasteiger partial charge < -0.3 is 105 Å². The molecule has 1 aromatic carbocycles. The summed E-state index contributed by atoms with van der Waals surface area (Å²) in [4.78, 5) is 153. The number of cyclic esters (lactones) is 1. The fourth-order valence-electron chi connectivity index (χ4n) is 18.7. The Bertz CT molecular complexity index is 5390. The van der Waals surface area contributed by atoms with Crippen molar-refractivity contribution in [2.75, 3.05) is 134 Å². The molecule has 13 rings (SSSR count). The van der Waals surface area contributed by atoms with Gasteiger partial charge in [0, 0.05) is 158 Å². The van der Waals surface area contributed by atoms with Crippen molar-refractivity contribution in [2.24, 2.45) is 35.5 Å². The van der Waals surface area contributed by atoms with E-state index in [-0.39, 0.29) is 113 Å². The van der Waals surface area contributed by atoms with Crippen LogP contribution in [0.15, 0.2) is 115 Å². The van der Waals surface area contributed by atoms with Crippen LogP contribution >= 0.6 is 0 Å². The zero-order valence-corrected chi connectivity index (χ0v) is 79.3. The fraction of sp³-hybridized carbons (Fsp3) is 0.571. The van der Waals surface area contributed by atoms with E-state index in [1.807, 2.05) is 78.9 Å². The van der Waals surface area contributed by atoms with Gasteiger partial charge in [-0.15, -0.1) is 0 Å². The predicted octanol–water partition coefficient (Wildman–Crippen LogP) is 8.03. The van der Waals surface area contributed by atoms with E-state index in [0.29, 0.717) is 181 Å². The summed E-state index contributed by atoms with van der Waals surface area (Å²) >= 11 is 0. The minimum Gasteiger partial charge on any atom is -0.460 e. The van der Waals surface area contributed by atoms with Gasteiger partial charge in [0.15, 0.2) is 11.4 Å². The highest BCUT2D eigenvalue weighted by atomic mass is 16.6. The first-order valence-corrected chi connectivity index (χ1v) is 47.4. The number of nitrogens with one attached hydrogen (secondary N) is 3. The number of alkyl carbamates (subject to hydrolysis) is 1. The van der Waals surface area contributed by atoms with Gasteiger partial charge in [-0.3, -0.25) is 28.8 Å². The molecule has 136 heavy (non-hydrogen) atoms. The molecule has 38 nitrogen and oxygen atoms in total. The number of aliphatic hydroxyl groups excluding tert-OH is 2. The average Bonchev–Trinajstić information content (AvgIpc) is 1.59. The second-order valence-corrected chi connectivity index (χ2v) is 36.7. The first-order valence-electron chi connectivity index (χ1n) is 47.4. The lowest BCUT2D eigenvalue weighted by molar-refractivity contribution is -0.265. The van der Waals surface area contributed by atoms with Crippen molar-refractivity contribution in [1.29, 1.82) is 0 Å². The third-order valence-corrected chi connectivity index (χ3v) is 26.7. The first kappa shape index (κ1) is 102. The number of methoxy groups -OCH3 is 2. The molecule has 4 amide bonds. The van der Waals surface area contributed by atoms with Crippen LogP contribution in [0.5, 0.6) is 0 Å². The topological polar surface area (TPSA) is 493 Å². The summed E-state index contributed by atoms with van der Waals surface area (Å²) in [7, 11) is 3.09. The van der Waals surface area contributed by atoms with Gasteiger partial charge in [0.1, 0.15) is 65.5 Å². The number of carbonyl (C=O) groups is 8. The molecule has 1 saturated carbocycles. The minimum atomic E-state index is -2.50. The largest absolute Gasteiger partial charge is 0.460 e. The van der Waals surface area contributed by atoms with Crippen molar-refractivity contribution < 1.29 is 96.3 Å². The summed E-state index contributed by atoms with van der Waals surface area (Å²) in [6, 6.07) is 8.83. The molecule has 38 heteroatoms. The number of ether oxygens (including phenoxy) is 9. The molecular formula is C98H132N18O20. The molecule has 1 aliphatic carbocycles. The number of nitrogen functional groups attached to an aromatic ring is 2. The zero-order valence-electron chi connectivity index (χ0n) is 79.3. The van der Waals surface area contributed by atoms with Crippen molar-refractivity contribution in [2.45, 2.75) is 213 Å². The molecule has 7 aromatic rings. The second kappa shape index (κ2) is 48.5. The van der Waals surface area contributed by atoms with E-state index in [1.54, 1.807) is 58.9 Å². The molecule has 4 fully saturated rings. The number of aliphatic hydroxyl groups is 3. The highest BCUT2D eigenvalue weighted by molar-refractivity contribution is 6.39. The summed E-state index contributed by atoms with van der Waals surface area (Å²) in [5, 5.41) is 46.8. The molecule has 0 radical (unpaired) electrons. The number of allylic oxidation sites excluding steroid dienone is 6. The van der Waals surface area contributed by atoms with Crippen molar-refractivity contribution in [3.8, 4) is 11.3 Å². The van der Waals surface area contributed by atoms with Crippen molar-refractivity contribution in [3.63, 3.8) is 0 Å². The summed E-state index contributed by atoms with van der Waals surface area (Å²) in [5.41, 5.74) is 20.5. The predicted molar refractivity (Wildman–Crippen MR) is 504 cm³/mol. The molecule has 6 aromatic heterocycles. The number of aromatic amines is 1. The maximum atomic E-state index is 14.7. The Labute approximate surface area is 791 Å². The first-order chi connectivity index (χ1) is 65.5. The number of aromatic nitrogens is 10. The van der Waals surface area contributed by atoms with Crippen LogP contribution in [-0.2, 0) is 97.5 Å². The number of hydrogen-bond acceptors (Lipinski definition) is 32. The Balaban J connectivity index is 0.474. The maximum absolute atomic E-state index is 14.7. The van der Waals surface area contributed by atoms with Gasteiger partial charge in [0.05, 0.1) is 88.7 Å². The van der Waals surface area contributed by atoms with E-state index in [9.17, 15) is 53.7 Å². The van der Waals surface area contributed by atoms with Crippen molar-refractivity contribution in [3.05, 3.63) is 143 Å². The van der Waals surface area contributed by atoms with Crippen LogP contribution < -0.4 is 31.9 Å². The van der Waals surface area contributed by atoms with E-state index in [0.717, 1.165) is 43.7 Å². The Morgan fingerprint density at radius 2 is 1.40 bits per heavy atom. The van der Waals surface area contributed by atoms with Crippen LogP contribution in [0.25, 0.3) is 33.3 Å². The number of fused-ring (bicyclic) bond motifs is 6. The van der Waals surface area contributed by atoms with Crippen LogP contribution in [-0.4, -0.2) is 289 Å². The molecule has 0 spiro atoms. The molecule has 6 aliphatic rings. The van der Waals surface area contributed by atoms with Crippen LogP contribution in [0, 0.1) is 35.5 Å². The van der Waals surface area contributed by atoms with E-state index >= 15 is 0 Å². The number of Topliss-reactive ketones (excluding diaryl/α,β-unsaturated/α-hetero) is 3. The summed E-state index contributed by atoms with van der Waals surface area (Å²) in [6.45, 7) is 18.7. The lowest BCUT2D eigenvalue weighted by Crippen LogP contribution is -2.61. The number of anilines is 4. The van der Waals surface area contributed by atoms with Gasteiger partial charge in [-0.05, 0) is 142 Å². The number of piperazine rings is 1. The highest BCUT2D eigenvalue weighted by Crippen LogP contribution is 2.40. The molecule has 11 heterocycles. The van der Waals surface area contributed by atoms with Gasteiger partial charge >= 0.3 is 12.1 Å². The van der Waals surface area contributed by atoms with Crippen LogP contribution in [0.1, 0.15) is 165 Å². The standard InChI is InChI=1S/C98H132N18O20/c1-59-15-11-10-12-16-60(2)78(128-8)48-74-22-18-65(7)98(127,136-74)88(122)93(124)115-27-14-13-17-75(115)94(125)134-79(49-76(117)61(3)42-64(6)86(120)87(121)85(119)63(5)41-59)62(4)43-66-20-23-77(80(45-66)129-9)135-97(126)101-26-34-131-36-38-133-40-39-132-37-35-130-33-25-82(118)102-50-68-51-104-95(105-52-68)112-29-31-113(32-30-112)96-106-54-73(55-107-96)92(123)114-28-24-69-44-67(19-21-70(69)57-114)56-116-91-83(89(100)108-58-109-91)84(111-116)72-46-71-47-81(99)110-90(71)103-53-72/h10-12,15-16,19,21,42,44,46-47,51-55,58-59,61-63,65-66,74-75,77-80,86-87,120-121,127H,13-14,17-18,20,22-41,43,45,48-50,56-57,99H2,1-9H3,(H,101,126)(H,102,118)(H,103,110)(H2,100,108,109)/b12-10+,15-11+,60-16+,64-42+/t59-,61-,62-,63-,65-,66+,74+,75+,77-,78+,79+,80-,86-,87+,98-/m1/s1. The number of carbonyl (C=O) groups excluding carboxylic acids is 8. The van der Waals surface area contributed by atoms with E-state index in [2.05, 4.69) is 72.4 Å². The summed E-state index contributed by atoms with van der Waals surface area (Å²) < 4.78 is 54.6. The number of piperidine rings is 1. The van der Waals surface area contributed by atoms with Crippen molar-refractivity contribution in [1.82, 2.24) is 70.1 Å². The highest BCUT2D eigenvalue weighted by Gasteiger charge is 2.53. The average molecular weight is 1880 g/mol. The smallest absolute Gasteiger partial charge is 0.407 e. The van der Waals surface area contributed by atoms with Gasteiger partial charge in [0.2, 0.25) is 23.6 Å². The number of esters is 1. The van der Waals surface area contributed by atoms with Gasteiger partial charge in [-0.25, -0.2) is 49.2 Å².